The van der Waals surface area contributed by atoms with Gasteiger partial charge in [-0.25, -0.2) is 4.68 Å². The number of benzene rings is 1. The van der Waals surface area contributed by atoms with Crippen LogP contribution in [-0.4, -0.2) is 44.1 Å². The first-order valence-electron chi connectivity index (χ1n) is 7.67. The van der Waals surface area contributed by atoms with Gasteiger partial charge in [0.2, 0.25) is 0 Å². The Labute approximate surface area is 143 Å². The van der Waals surface area contributed by atoms with E-state index in [0.29, 0.717) is 13.1 Å². The van der Waals surface area contributed by atoms with Gasteiger partial charge in [-0.2, -0.15) is 0 Å². The molecule has 2 heterocycles. The van der Waals surface area contributed by atoms with E-state index in [4.69, 9.17) is 0 Å². The molecular weight excluding hydrogens is 360 g/mol. The Morgan fingerprint density at radius 2 is 2.30 bits per heavy atom. The maximum absolute atomic E-state index is 11.2. The van der Waals surface area contributed by atoms with Gasteiger partial charge in [0.1, 0.15) is 5.69 Å². The van der Waals surface area contributed by atoms with Crippen molar-refractivity contribution in [3.05, 3.63) is 40.1 Å². The van der Waals surface area contributed by atoms with Crippen molar-refractivity contribution in [2.45, 2.75) is 26.3 Å². The summed E-state index contributed by atoms with van der Waals surface area (Å²) in [6, 6.07) is 7.91. The van der Waals surface area contributed by atoms with E-state index in [1.165, 1.54) is 0 Å². The molecule has 0 bridgehead atoms. The zero-order valence-electron chi connectivity index (χ0n) is 12.9. The third-order valence-electron chi connectivity index (χ3n) is 4.27. The van der Waals surface area contributed by atoms with Crippen LogP contribution >= 0.6 is 15.9 Å². The molecule has 0 amide bonds. The lowest BCUT2D eigenvalue weighted by molar-refractivity contribution is -0.143. The molecule has 1 atom stereocenters. The first kappa shape index (κ1) is 16.1. The van der Waals surface area contributed by atoms with Gasteiger partial charge in [0.05, 0.1) is 17.3 Å². The number of hydrogen-bond acceptors (Lipinski definition) is 4. The number of halogens is 1. The summed E-state index contributed by atoms with van der Waals surface area (Å²) in [6.07, 6.45) is 1.67. The molecule has 1 aliphatic heterocycles. The lowest BCUT2D eigenvalue weighted by Gasteiger charge is -2.29. The van der Waals surface area contributed by atoms with Gasteiger partial charge in [0.15, 0.2) is 0 Å². The van der Waals surface area contributed by atoms with E-state index in [2.05, 4.69) is 31.1 Å². The van der Waals surface area contributed by atoms with Crippen molar-refractivity contribution in [3.63, 3.8) is 0 Å². The highest BCUT2D eigenvalue weighted by molar-refractivity contribution is 9.10. The fourth-order valence-corrected chi connectivity index (χ4v) is 3.36. The fraction of sp³-hybridized carbons (Fsp3) is 0.438. The monoisotopic (exact) mass is 378 g/mol. The number of aromatic nitrogens is 3. The lowest BCUT2D eigenvalue weighted by Crippen LogP contribution is -2.38. The minimum atomic E-state index is -0.704. The summed E-state index contributed by atoms with van der Waals surface area (Å²) < 4.78 is 2.81. The van der Waals surface area contributed by atoms with E-state index in [1.54, 1.807) is 0 Å². The molecule has 0 radical (unpaired) electrons. The Kier molecular flexibility index (Phi) is 4.77. The highest BCUT2D eigenvalue weighted by atomic mass is 79.9. The quantitative estimate of drug-likeness (QED) is 0.885. The standard InChI is InChI=1S/C16H19BrN4O2/c1-11-15(10-20-7-3-4-12(9-20)16(22)23)18-19-21(11)14-6-2-5-13(17)8-14/h2,5-6,8,12H,3-4,7,9-10H2,1H3,(H,22,23). The molecule has 1 unspecified atom stereocenters. The molecule has 3 rings (SSSR count). The normalized spacial score (nSPS) is 19.0. The third kappa shape index (κ3) is 3.61. The van der Waals surface area contributed by atoms with Crippen molar-refractivity contribution in [1.29, 1.82) is 0 Å². The summed E-state index contributed by atoms with van der Waals surface area (Å²) in [5.41, 5.74) is 2.84. The van der Waals surface area contributed by atoms with Crippen molar-refractivity contribution >= 4 is 21.9 Å². The minimum Gasteiger partial charge on any atom is -0.481 e. The van der Waals surface area contributed by atoms with Crippen molar-refractivity contribution in [2.75, 3.05) is 13.1 Å². The van der Waals surface area contributed by atoms with E-state index < -0.39 is 5.97 Å². The number of carboxylic acid groups (broad SMARTS) is 1. The molecule has 0 aliphatic carbocycles. The van der Waals surface area contributed by atoms with E-state index in [-0.39, 0.29) is 5.92 Å². The van der Waals surface area contributed by atoms with Gasteiger partial charge < -0.3 is 5.11 Å². The number of likely N-dealkylation sites (tertiary alicyclic amines) is 1. The predicted octanol–water partition coefficient (Wildman–Crippen LogP) is 2.63. The molecule has 122 valence electrons. The van der Waals surface area contributed by atoms with Crippen LogP contribution in [0, 0.1) is 12.8 Å². The van der Waals surface area contributed by atoms with Gasteiger partial charge in [0, 0.05) is 17.6 Å². The van der Waals surface area contributed by atoms with Crippen molar-refractivity contribution in [3.8, 4) is 5.69 Å². The molecule has 0 spiro atoms. The van der Waals surface area contributed by atoms with Crippen molar-refractivity contribution < 1.29 is 9.90 Å². The maximum Gasteiger partial charge on any atom is 0.307 e. The van der Waals surface area contributed by atoms with E-state index >= 15 is 0 Å². The third-order valence-corrected chi connectivity index (χ3v) is 4.76. The van der Waals surface area contributed by atoms with Crippen LogP contribution in [0.3, 0.4) is 0 Å². The SMILES string of the molecule is Cc1c(CN2CCCC(C(=O)O)C2)nnn1-c1cccc(Br)c1. The van der Waals surface area contributed by atoms with Gasteiger partial charge in [-0.05, 0) is 44.5 Å². The molecule has 6 nitrogen and oxygen atoms in total. The minimum absolute atomic E-state index is 0.274. The highest BCUT2D eigenvalue weighted by Crippen LogP contribution is 2.21. The zero-order chi connectivity index (χ0) is 16.4. The average Bonchev–Trinajstić information content (AvgIpc) is 2.88. The highest BCUT2D eigenvalue weighted by Gasteiger charge is 2.26. The van der Waals surface area contributed by atoms with Crippen LogP contribution in [0.25, 0.3) is 5.69 Å². The second-order valence-corrected chi connectivity index (χ2v) is 6.84. The lowest BCUT2D eigenvalue weighted by atomic mass is 9.98. The molecule has 7 heteroatoms. The molecule has 1 aliphatic rings. The number of carbonyl (C=O) groups is 1. The molecule has 1 aromatic carbocycles. The van der Waals surface area contributed by atoms with Crippen molar-refractivity contribution in [2.24, 2.45) is 5.92 Å². The zero-order valence-corrected chi connectivity index (χ0v) is 14.5. The number of carboxylic acids is 1. The Hall–Kier alpha value is -1.73. The van der Waals surface area contributed by atoms with Crippen LogP contribution in [0.5, 0.6) is 0 Å². The second kappa shape index (κ2) is 6.80. The largest absolute Gasteiger partial charge is 0.481 e. The van der Waals surface area contributed by atoms with Crippen molar-refractivity contribution in [1.82, 2.24) is 19.9 Å². The number of piperidine rings is 1. The molecule has 0 saturated carbocycles. The predicted molar refractivity (Wildman–Crippen MR) is 89.4 cm³/mol. The summed E-state index contributed by atoms with van der Waals surface area (Å²) in [7, 11) is 0. The molecule has 2 aromatic rings. The number of hydrogen-bond donors (Lipinski definition) is 1. The van der Waals surface area contributed by atoms with Crippen LogP contribution in [0.1, 0.15) is 24.2 Å². The van der Waals surface area contributed by atoms with Crippen LogP contribution < -0.4 is 0 Å². The van der Waals surface area contributed by atoms with Crippen LogP contribution in [0.4, 0.5) is 0 Å². The van der Waals surface area contributed by atoms with Crippen LogP contribution in [0.15, 0.2) is 28.7 Å². The number of nitrogens with zero attached hydrogens (tertiary/aromatic N) is 4. The number of rotatable bonds is 4. The van der Waals surface area contributed by atoms with Gasteiger partial charge in [-0.1, -0.05) is 27.2 Å². The Morgan fingerprint density at radius 3 is 3.04 bits per heavy atom. The number of aliphatic carboxylic acids is 1. The summed E-state index contributed by atoms with van der Waals surface area (Å²) in [5, 5.41) is 17.7. The van der Waals surface area contributed by atoms with Gasteiger partial charge in [-0.15, -0.1) is 5.10 Å². The second-order valence-electron chi connectivity index (χ2n) is 5.93. The topological polar surface area (TPSA) is 71.2 Å². The molecule has 23 heavy (non-hydrogen) atoms. The van der Waals surface area contributed by atoms with Gasteiger partial charge in [0.25, 0.3) is 0 Å². The van der Waals surface area contributed by atoms with Gasteiger partial charge in [-0.3, -0.25) is 9.69 Å². The van der Waals surface area contributed by atoms with Crippen LogP contribution in [0.2, 0.25) is 0 Å². The molecular formula is C16H19BrN4O2. The molecule has 1 saturated heterocycles. The summed E-state index contributed by atoms with van der Waals surface area (Å²) in [5.74, 6) is -0.978. The molecule has 1 aromatic heterocycles. The molecule has 1 N–H and O–H groups in total. The van der Waals surface area contributed by atoms with Gasteiger partial charge >= 0.3 is 5.97 Å². The summed E-state index contributed by atoms with van der Waals surface area (Å²) in [4.78, 5) is 13.3. The van der Waals surface area contributed by atoms with E-state index in [0.717, 1.165) is 40.9 Å². The summed E-state index contributed by atoms with van der Waals surface area (Å²) >= 11 is 3.47. The Bertz CT molecular complexity index is 716. The first-order valence-corrected chi connectivity index (χ1v) is 8.46. The first-order chi connectivity index (χ1) is 11.0. The summed E-state index contributed by atoms with van der Waals surface area (Å²) in [6.45, 7) is 4.13. The van der Waals surface area contributed by atoms with E-state index in [9.17, 15) is 9.90 Å². The van der Waals surface area contributed by atoms with E-state index in [1.807, 2.05) is 35.9 Å². The molecule has 1 fully saturated rings. The smallest absolute Gasteiger partial charge is 0.307 e. The van der Waals surface area contributed by atoms with Crippen LogP contribution in [-0.2, 0) is 11.3 Å². The fourth-order valence-electron chi connectivity index (χ4n) is 2.97. The average molecular weight is 379 g/mol. The Balaban J connectivity index is 1.76. The Morgan fingerprint density at radius 1 is 1.48 bits per heavy atom. The maximum atomic E-state index is 11.2.